The summed E-state index contributed by atoms with van der Waals surface area (Å²) in [5.41, 5.74) is 1.40. The lowest BCUT2D eigenvalue weighted by molar-refractivity contribution is 0.174. The van der Waals surface area contributed by atoms with Gasteiger partial charge in [-0.25, -0.2) is 0 Å². The zero-order valence-electron chi connectivity index (χ0n) is 10.8. The lowest BCUT2D eigenvalue weighted by Crippen LogP contribution is -2.37. The molecule has 102 valence electrons. The second kappa shape index (κ2) is 5.40. The van der Waals surface area contributed by atoms with Crippen LogP contribution >= 0.6 is 0 Å². The van der Waals surface area contributed by atoms with Crippen molar-refractivity contribution in [1.29, 1.82) is 0 Å². The van der Waals surface area contributed by atoms with Crippen molar-refractivity contribution in [3.05, 3.63) is 17.7 Å². The van der Waals surface area contributed by atoms with E-state index in [1.807, 2.05) is 12.1 Å². The molecule has 0 aromatic heterocycles. The van der Waals surface area contributed by atoms with Gasteiger partial charge >= 0.3 is 7.12 Å². The van der Waals surface area contributed by atoms with Crippen molar-refractivity contribution in [2.24, 2.45) is 5.92 Å². The molecule has 1 aromatic carbocycles. The highest BCUT2D eigenvalue weighted by Gasteiger charge is 2.29. The quantitative estimate of drug-likeness (QED) is 0.649. The number of piperidine rings is 1. The van der Waals surface area contributed by atoms with E-state index >= 15 is 0 Å². The van der Waals surface area contributed by atoms with Crippen LogP contribution in [0.4, 0.5) is 0 Å². The van der Waals surface area contributed by atoms with Crippen molar-refractivity contribution in [2.45, 2.75) is 19.3 Å². The van der Waals surface area contributed by atoms with E-state index < -0.39 is 7.12 Å². The third-order valence-electron chi connectivity index (χ3n) is 3.83. The lowest BCUT2D eigenvalue weighted by Gasteiger charge is -2.24. The molecule has 3 N–H and O–H groups in total. The van der Waals surface area contributed by atoms with Gasteiger partial charge in [-0.15, -0.1) is 0 Å². The van der Waals surface area contributed by atoms with Crippen molar-refractivity contribution >= 4 is 12.6 Å². The van der Waals surface area contributed by atoms with Gasteiger partial charge in [-0.2, -0.15) is 0 Å². The van der Waals surface area contributed by atoms with Crippen molar-refractivity contribution in [2.75, 3.05) is 19.9 Å². The first-order valence-corrected chi connectivity index (χ1v) is 6.74. The normalized spacial score (nSPS) is 21.5. The molecule has 2 aliphatic rings. The summed E-state index contributed by atoms with van der Waals surface area (Å²) >= 11 is 0. The Morgan fingerprint density at radius 3 is 2.95 bits per heavy atom. The zero-order valence-corrected chi connectivity index (χ0v) is 10.8. The highest BCUT2D eigenvalue weighted by atomic mass is 16.7. The highest BCUT2D eigenvalue weighted by Crippen LogP contribution is 2.32. The molecule has 1 unspecified atom stereocenters. The van der Waals surface area contributed by atoms with Gasteiger partial charge < -0.3 is 24.8 Å². The van der Waals surface area contributed by atoms with Crippen molar-refractivity contribution in [3.63, 3.8) is 0 Å². The monoisotopic (exact) mass is 263 g/mol. The largest absolute Gasteiger partial charge is 0.492 e. The molecule has 1 fully saturated rings. The molecule has 0 spiro atoms. The third-order valence-corrected chi connectivity index (χ3v) is 3.83. The van der Waals surface area contributed by atoms with E-state index in [1.54, 1.807) is 0 Å². The predicted molar refractivity (Wildman–Crippen MR) is 71.7 cm³/mol. The molecule has 0 amide bonds. The average Bonchev–Trinajstić information content (AvgIpc) is 2.87. The van der Waals surface area contributed by atoms with E-state index in [-0.39, 0.29) is 6.79 Å². The van der Waals surface area contributed by atoms with Crippen molar-refractivity contribution < 1.29 is 19.5 Å². The Morgan fingerprint density at radius 1 is 1.32 bits per heavy atom. The molecule has 5 nitrogen and oxygen atoms in total. The number of hydrogen-bond acceptors (Lipinski definition) is 5. The Kier molecular flexibility index (Phi) is 3.64. The highest BCUT2D eigenvalue weighted by molar-refractivity contribution is 6.60. The molecule has 1 aromatic rings. The van der Waals surface area contributed by atoms with Crippen molar-refractivity contribution in [1.82, 2.24) is 5.32 Å². The van der Waals surface area contributed by atoms with Gasteiger partial charge in [0.25, 0.3) is 0 Å². The lowest BCUT2D eigenvalue weighted by atomic mass is 9.73. The SMILES string of the molecule is OB(O)c1c(CC2CCCNC2)ccc2c1OCO2. The minimum Gasteiger partial charge on any atom is -0.454 e. The van der Waals surface area contributed by atoms with Crippen LogP contribution in [0.15, 0.2) is 12.1 Å². The molecular weight excluding hydrogens is 245 g/mol. The van der Waals surface area contributed by atoms with Gasteiger partial charge in [0.15, 0.2) is 11.5 Å². The fourth-order valence-corrected chi connectivity index (χ4v) is 2.91. The number of nitrogens with one attached hydrogen (secondary N) is 1. The predicted octanol–water partition coefficient (Wildman–Crippen LogP) is -0.363. The van der Waals surface area contributed by atoms with Gasteiger partial charge in [-0.1, -0.05) is 6.07 Å². The topological polar surface area (TPSA) is 71.0 Å². The Hall–Kier alpha value is -1.24. The summed E-state index contributed by atoms with van der Waals surface area (Å²) in [4.78, 5) is 0. The van der Waals surface area contributed by atoms with Gasteiger partial charge in [0.1, 0.15) is 0 Å². The summed E-state index contributed by atoms with van der Waals surface area (Å²) in [7, 11) is -1.52. The maximum absolute atomic E-state index is 9.60. The van der Waals surface area contributed by atoms with E-state index in [4.69, 9.17) is 9.47 Å². The second-order valence-corrected chi connectivity index (χ2v) is 5.16. The van der Waals surface area contributed by atoms with Crippen LogP contribution in [0.2, 0.25) is 0 Å². The first kappa shape index (κ1) is 12.8. The second-order valence-electron chi connectivity index (χ2n) is 5.16. The van der Waals surface area contributed by atoms with E-state index in [2.05, 4.69) is 5.32 Å². The molecule has 0 radical (unpaired) electrons. The number of hydrogen-bond donors (Lipinski definition) is 3. The fourth-order valence-electron chi connectivity index (χ4n) is 2.91. The minimum absolute atomic E-state index is 0.142. The Morgan fingerprint density at radius 2 is 2.21 bits per heavy atom. The first-order valence-electron chi connectivity index (χ1n) is 6.74. The Balaban J connectivity index is 1.87. The third kappa shape index (κ3) is 2.56. The van der Waals surface area contributed by atoms with Crippen LogP contribution in [0.1, 0.15) is 18.4 Å². The first-order chi connectivity index (χ1) is 9.25. The van der Waals surface area contributed by atoms with Crippen LogP contribution < -0.4 is 20.3 Å². The van der Waals surface area contributed by atoms with E-state index in [0.717, 1.165) is 25.1 Å². The molecule has 2 heterocycles. The fraction of sp³-hybridized carbons (Fsp3) is 0.538. The van der Waals surface area contributed by atoms with Crippen LogP contribution in [0, 0.1) is 5.92 Å². The van der Waals surface area contributed by atoms with E-state index in [9.17, 15) is 10.0 Å². The molecule has 1 atom stereocenters. The molecule has 1 saturated heterocycles. The maximum atomic E-state index is 9.60. The van der Waals surface area contributed by atoms with Crippen LogP contribution in [-0.2, 0) is 6.42 Å². The summed E-state index contributed by atoms with van der Waals surface area (Å²) in [5, 5.41) is 22.6. The molecule has 0 bridgehead atoms. The van der Waals surface area contributed by atoms with Crippen LogP contribution in [0.3, 0.4) is 0 Å². The smallest absolute Gasteiger partial charge is 0.454 e. The van der Waals surface area contributed by atoms with E-state index in [0.29, 0.717) is 22.9 Å². The Bertz CT molecular complexity index is 460. The molecule has 19 heavy (non-hydrogen) atoms. The molecule has 2 aliphatic heterocycles. The summed E-state index contributed by atoms with van der Waals surface area (Å²) in [6.45, 7) is 2.20. The molecular formula is C13H18BNO4. The van der Waals surface area contributed by atoms with E-state index in [1.165, 1.54) is 12.8 Å². The number of fused-ring (bicyclic) bond motifs is 1. The van der Waals surface area contributed by atoms with Crippen LogP contribution in [0.5, 0.6) is 11.5 Å². The van der Waals surface area contributed by atoms with Gasteiger partial charge in [0.2, 0.25) is 6.79 Å². The molecule has 0 saturated carbocycles. The van der Waals surface area contributed by atoms with Gasteiger partial charge in [-0.3, -0.25) is 0 Å². The number of ether oxygens (including phenoxy) is 2. The van der Waals surface area contributed by atoms with Gasteiger partial charge in [0, 0.05) is 5.46 Å². The minimum atomic E-state index is -1.52. The Labute approximate surface area is 112 Å². The number of benzene rings is 1. The summed E-state index contributed by atoms with van der Waals surface area (Å²) in [6.07, 6.45) is 3.17. The molecule has 6 heteroatoms. The molecule has 0 aliphatic carbocycles. The summed E-state index contributed by atoms with van der Waals surface area (Å²) < 4.78 is 10.6. The zero-order chi connectivity index (χ0) is 13.2. The van der Waals surface area contributed by atoms with Crippen LogP contribution in [-0.4, -0.2) is 37.0 Å². The summed E-state index contributed by atoms with van der Waals surface area (Å²) in [6, 6.07) is 3.76. The maximum Gasteiger partial charge on any atom is 0.492 e. The standard InChI is InChI=1S/C13H18BNO4/c16-14(17)12-10(6-9-2-1-5-15-7-9)3-4-11-13(12)19-8-18-11/h3-4,9,15-17H,1-2,5-8H2. The average molecular weight is 263 g/mol. The molecule has 3 rings (SSSR count). The van der Waals surface area contributed by atoms with Crippen LogP contribution in [0.25, 0.3) is 0 Å². The number of rotatable bonds is 3. The van der Waals surface area contributed by atoms with Crippen molar-refractivity contribution in [3.8, 4) is 11.5 Å². The van der Waals surface area contributed by atoms with Gasteiger partial charge in [-0.05, 0) is 49.9 Å². The van der Waals surface area contributed by atoms with Gasteiger partial charge in [0.05, 0.1) is 0 Å². The summed E-state index contributed by atoms with van der Waals surface area (Å²) in [5.74, 6) is 1.61.